The molecule has 0 aromatic heterocycles. The van der Waals surface area contributed by atoms with Gasteiger partial charge in [0.15, 0.2) is 0 Å². The number of hydrogen-bond acceptors (Lipinski definition) is 9. The highest BCUT2D eigenvalue weighted by Crippen LogP contribution is 2.44. The summed E-state index contributed by atoms with van der Waals surface area (Å²) in [7, 11) is 0. The lowest BCUT2D eigenvalue weighted by Crippen LogP contribution is -2.65. The summed E-state index contributed by atoms with van der Waals surface area (Å²) in [6, 6.07) is 25.1. The Hall–Kier alpha value is -4.99. The fourth-order valence-electron chi connectivity index (χ4n) is 6.78. The fraction of sp³-hybridized carbons (Fsp3) is 0.361. The summed E-state index contributed by atoms with van der Waals surface area (Å²) < 4.78 is 12.0. The van der Waals surface area contributed by atoms with Crippen molar-refractivity contribution < 1.29 is 19.4 Å². The lowest BCUT2D eigenvalue weighted by Gasteiger charge is -2.57. The summed E-state index contributed by atoms with van der Waals surface area (Å²) in [6.07, 6.45) is 6.30. The van der Waals surface area contributed by atoms with Crippen LogP contribution in [0.5, 0.6) is 11.5 Å². The molecule has 10 heteroatoms. The van der Waals surface area contributed by atoms with Crippen LogP contribution < -0.4 is 26.8 Å². The van der Waals surface area contributed by atoms with Crippen LogP contribution in [0.3, 0.4) is 0 Å². The van der Waals surface area contributed by atoms with Crippen LogP contribution in [0.1, 0.15) is 43.2 Å². The number of nitrogens with two attached hydrogens (primary N) is 3. The van der Waals surface area contributed by atoms with Crippen molar-refractivity contribution in [1.29, 1.82) is 0 Å². The summed E-state index contributed by atoms with van der Waals surface area (Å²) >= 11 is 0. The van der Waals surface area contributed by atoms with E-state index >= 15 is 0 Å². The molecule has 3 fully saturated rings. The number of carbonyl (C=O) groups excluding carboxylic acids is 1. The normalized spacial score (nSPS) is 18.2. The highest BCUT2D eigenvalue weighted by Gasteiger charge is 2.47. The molecule has 242 valence electrons. The van der Waals surface area contributed by atoms with Gasteiger partial charge in [-0.3, -0.25) is 0 Å². The molecule has 0 unspecified atom stereocenters. The lowest BCUT2D eigenvalue weighted by atomic mass is 9.73. The molecule has 2 saturated heterocycles. The highest BCUT2D eigenvalue weighted by atomic mass is 16.6. The van der Waals surface area contributed by atoms with Crippen LogP contribution in [-0.4, -0.2) is 65.4 Å². The van der Waals surface area contributed by atoms with Gasteiger partial charge >= 0.3 is 6.09 Å². The Morgan fingerprint density at radius 2 is 1.63 bits per heavy atom. The van der Waals surface area contributed by atoms with Crippen molar-refractivity contribution in [2.75, 3.05) is 37.6 Å². The van der Waals surface area contributed by atoms with Crippen LogP contribution in [0.15, 0.2) is 96.5 Å². The Morgan fingerprint density at radius 3 is 2.33 bits per heavy atom. The predicted molar refractivity (Wildman–Crippen MR) is 179 cm³/mol. The van der Waals surface area contributed by atoms with Crippen molar-refractivity contribution >= 4 is 17.5 Å². The number of ether oxygens (including phenoxy) is 2. The van der Waals surface area contributed by atoms with Crippen LogP contribution in [0, 0.1) is 0 Å². The second-order valence-corrected chi connectivity index (χ2v) is 12.5. The zero-order valence-corrected chi connectivity index (χ0v) is 26.2. The first-order chi connectivity index (χ1) is 22.3. The zero-order chi connectivity index (χ0) is 32.1. The Morgan fingerprint density at radius 1 is 0.891 bits per heavy atom. The van der Waals surface area contributed by atoms with E-state index in [-0.39, 0.29) is 35.9 Å². The molecule has 46 heavy (non-hydrogen) atoms. The Labute approximate surface area is 270 Å². The molecule has 2 heterocycles. The first-order valence-corrected chi connectivity index (χ1v) is 16.1. The first kappa shape index (κ1) is 31.0. The minimum absolute atomic E-state index is 0.0319. The summed E-state index contributed by atoms with van der Waals surface area (Å²) in [6.45, 7) is 3.74. The smallest absolute Gasteiger partial charge is 0.410 e. The standard InChI is InChI=1S/C36H44N6O4/c37-31(30-12-4-5-13-33(30)43)23-32(34(38)39)41-20-21-42(36(25-41)16-7-17-36)27-10-6-11-29(22-27)46-28-14-18-40(19-15-28)35(44)45-24-26-8-2-1-3-9-26/h1-6,8-13,22-23,28,43H,7,14-21,24-25,37-39H2/b31-23-. The van der Waals surface area contributed by atoms with E-state index < -0.39 is 0 Å². The van der Waals surface area contributed by atoms with Gasteiger partial charge in [-0.05, 0) is 55.2 Å². The SMILES string of the molecule is NC(N)=C(/C=C(\N)c1ccccc1O)N1CCN(c2cccc(OC3CCN(C(=O)OCc4ccccc4)CC3)c2)C2(CCC2)C1. The van der Waals surface area contributed by atoms with Crippen LogP contribution in [0.25, 0.3) is 5.70 Å². The second kappa shape index (κ2) is 13.6. The van der Waals surface area contributed by atoms with Crippen molar-refractivity contribution in [1.82, 2.24) is 9.80 Å². The molecule has 2 aliphatic heterocycles. The minimum atomic E-state index is -0.278. The number of rotatable bonds is 8. The highest BCUT2D eigenvalue weighted by molar-refractivity contribution is 5.70. The number of phenolic OH excluding ortho intramolecular Hbond substituents is 1. The van der Waals surface area contributed by atoms with Gasteiger partial charge in [-0.2, -0.15) is 0 Å². The number of phenols is 1. The molecule has 3 aromatic rings. The van der Waals surface area contributed by atoms with E-state index in [4.69, 9.17) is 26.7 Å². The van der Waals surface area contributed by atoms with Gasteiger partial charge in [0.1, 0.15) is 30.0 Å². The molecule has 3 aromatic carbocycles. The topological polar surface area (TPSA) is 144 Å². The first-order valence-electron chi connectivity index (χ1n) is 16.1. The third-order valence-corrected chi connectivity index (χ3v) is 9.42. The number of benzene rings is 3. The molecule has 1 aliphatic carbocycles. The van der Waals surface area contributed by atoms with E-state index in [0.29, 0.717) is 36.6 Å². The van der Waals surface area contributed by atoms with Crippen molar-refractivity contribution in [3.8, 4) is 11.5 Å². The van der Waals surface area contributed by atoms with Crippen molar-refractivity contribution in [3.05, 3.63) is 108 Å². The third-order valence-electron chi connectivity index (χ3n) is 9.42. The van der Waals surface area contributed by atoms with Gasteiger partial charge in [0, 0.05) is 68.6 Å². The van der Waals surface area contributed by atoms with Crippen molar-refractivity contribution in [3.63, 3.8) is 0 Å². The molecule has 0 bridgehead atoms. The van der Waals surface area contributed by atoms with Crippen LogP contribution in [0.2, 0.25) is 0 Å². The van der Waals surface area contributed by atoms with E-state index in [1.54, 1.807) is 29.2 Å². The van der Waals surface area contributed by atoms with Gasteiger partial charge in [-0.15, -0.1) is 0 Å². The number of para-hydroxylation sites is 1. The molecular weight excluding hydrogens is 580 g/mol. The Kier molecular flexibility index (Phi) is 9.14. The van der Waals surface area contributed by atoms with Crippen LogP contribution in [-0.2, 0) is 11.3 Å². The number of amides is 1. The number of aromatic hydroxyl groups is 1. The van der Waals surface area contributed by atoms with Gasteiger partial charge < -0.3 is 46.5 Å². The molecule has 1 amide bonds. The maximum atomic E-state index is 12.6. The van der Waals surface area contributed by atoms with Crippen LogP contribution in [0.4, 0.5) is 10.5 Å². The number of anilines is 1. The Bertz CT molecular complexity index is 1580. The monoisotopic (exact) mass is 624 g/mol. The predicted octanol–water partition coefficient (Wildman–Crippen LogP) is 4.70. The van der Waals surface area contributed by atoms with Crippen molar-refractivity contribution in [2.45, 2.75) is 50.4 Å². The van der Waals surface area contributed by atoms with E-state index in [0.717, 1.165) is 62.2 Å². The molecular formula is C36H44N6O4. The number of piperazine rings is 1. The number of piperidine rings is 1. The van der Waals surface area contributed by atoms with Gasteiger partial charge in [0.05, 0.1) is 11.2 Å². The fourth-order valence-corrected chi connectivity index (χ4v) is 6.78. The summed E-state index contributed by atoms with van der Waals surface area (Å²) in [5, 5.41) is 10.3. The summed E-state index contributed by atoms with van der Waals surface area (Å²) in [4.78, 5) is 19.1. The number of likely N-dealkylation sites (tertiary alicyclic amines) is 1. The van der Waals surface area contributed by atoms with Gasteiger partial charge in [-0.1, -0.05) is 48.5 Å². The lowest BCUT2D eigenvalue weighted by molar-refractivity contribution is 0.0638. The maximum absolute atomic E-state index is 12.6. The molecule has 0 atom stereocenters. The average molecular weight is 625 g/mol. The van der Waals surface area contributed by atoms with Gasteiger partial charge in [0.25, 0.3) is 0 Å². The average Bonchev–Trinajstić information content (AvgIpc) is 3.06. The molecule has 1 spiro atoms. The second-order valence-electron chi connectivity index (χ2n) is 12.5. The number of carbonyl (C=O) groups is 1. The Balaban J connectivity index is 1.07. The molecule has 7 N–H and O–H groups in total. The molecule has 1 saturated carbocycles. The molecule has 0 radical (unpaired) electrons. The third kappa shape index (κ3) is 6.80. The largest absolute Gasteiger partial charge is 0.507 e. The van der Waals surface area contributed by atoms with Gasteiger partial charge in [-0.25, -0.2) is 4.79 Å². The van der Waals surface area contributed by atoms with Gasteiger partial charge in [0.2, 0.25) is 0 Å². The number of allylic oxidation sites excluding steroid dienone is 1. The molecule has 10 nitrogen and oxygen atoms in total. The zero-order valence-electron chi connectivity index (χ0n) is 26.2. The minimum Gasteiger partial charge on any atom is -0.507 e. The summed E-state index contributed by atoms with van der Waals surface area (Å²) in [5.74, 6) is 1.15. The van der Waals surface area contributed by atoms with Crippen molar-refractivity contribution in [2.24, 2.45) is 17.2 Å². The quantitative estimate of drug-likeness (QED) is 0.262. The van der Waals surface area contributed by atoms with E-state index in [9.17, 15) is 9.90 Å². The summed E-state index contributed by atoms with van der Waals surface area (Å²) in [5.41, 5.74) is 22.5. The van der Waals surface area contributed by atoms with E-state index in [1.165, 1.54) is 0 Å². The van der Waals surface area contributed by atoms with Crippen LogP contribution >= 0.6 is 0 Å². The maximum Gasteiger partial charge on any atom is 0.410 e. The molecule has 6 rings (SSSR count). The molecule has 3 aliphatic rings. The number of nitrogens with zero attached hydrogens (tertiary/aromatic N) is 3. The van der Waals surface area contributed by atoms with E-state index in [2.05, 4.69) is 28.0 Å². The van der Waals surface area contributed by atoms with E-state index in [1.807, 2.05) is 42.5 Å². The number of hydrogen-bond donors (Lipinski definition) is 4.